The van der Waals surface area contributed by atoms with Gasteiger partial charge in [0.15, 0.2) is 0 Å². The van der Waals surface area contributed by atoms with Gasteiger partial charge in [-0.3, -0.25) is 4.79 Å². The van der Waals surface area contributed by atoms with Crippen molar-refractivity contribution in [3.63, 3.8) is 0 Å². The number of hydrogen-bond acceptors (Lipinski definition) is 4. The van der Waals surface area contributed by atoms with E-state index in [1.807, 2.05) is 18.4 Å². The first kappa shape index (κ1) is 13.0. The molecule has 0 radical (unpaired) electrons. The second kappa shape index (κ2) is 5.89. The number of benzene rings is 1. The molecule has 2 unspecified atom stereocenters. The number of aliphatic carboxylic acids is 1. The maximum atomic E-state index is 10.4. The maximum absolute atomic E-state index is 10.4. The van der Waals surface area contributed by atoms with Gasteiger partial charge in [0.1, 0.15) is 6.10 Å². The number of thioether (sulfide) groups is 1. The molecule has 0 aromatic heterocycles. The molecule has 1 aromatic rings. The van der Waals surface area contributed by atoms with Gasteiger partial charge >= 0.3 is 5.97 Å². The van der Waals surface area contributed by atoms with Crippen LogP contribution < -0.4 is 0 Å². The van der Waals surface area contributed by atoms with E-state index in [9.17, 15) is 15.0 Å². The Hall–Kier alpha value is -1.04. The number of hydrogen-bond donors (Lipinski definition) is 3. The third-order valence-electron chi connectivity index (χ3n) is 2.21. The van der Waals surface area contributed by atoms with Crippen LogP contribution in [0.3, 0.4) is 0 Å². The number of aliphatic hydroxyl groups is 2. The lowest BCUT2D eigenvalue weighted by molar-refractivity contribution is -0.141. The third-order valence-corrected chi connectivity index (χ3v) is 2.95. The number of carboxylic acid groups (broad SMARTS) is 1. The highest BCUT2D eigenvalue weighted by Crippen LogP contribution is 2.22. The second-order valence-electron chi connectivity index (χ2n) is 3.38. The van der Waals surface area contributed by atoms with E-state index in [-0.39, 0.29) is 0 Å². The van der Waals surface area contributed by atoms with Crippen LogP contribution in [-0.4, -0.2) is 33.6 Å². The summed E-state index contributed by atoms with van der Waals surface area (Å²) >= 11 is 1.57. The van der Waals surface area contributed by atoms with Gasteiger partial charge in [-0.2, -0.15) is 0 Å². The largest absolute Gasteiger partial charge is 0.481 e. The van der Waals surface area contributed by atoms with Gasteiger partial charge in [0, 0.05) is 4.90 Å². The van der Waals surface area contributed by atoms with Crippen molar-refractivity contribution in [2.24, 2.45) is 0 Å². The summed E-state index contributed by atoms with van der Waals surface area (Å²) in [5.74, 6) is -1.13. The van der Waals surface area contributed by atoms with Crippen LogP contribution in [0.4, 0.5) is 0 Å². The zero-order valence-electron chi connectivity index (χ0n) is 8.83. The van der Waals surface area contributed by atoms with E-state index >= 15 is 0 Å². The average Bonchev–Trinajstić information content (AvgIpc) is 2.27. The van der Waals surface area contributed by atoms with Crippen molar-refractivity contribution >= 4 is 17.7 Å². The number of carbonyl (C=O) groups is 1. The van der Waals surface area contributed by atoms with Gasteiger partial charge in [-0.05, 0) is 24.0 Å². The highest BCUT2D eigenvalue weighted by Gasteiger charge is 2.20. The summed E-state index contributed by atoms with van der Waals surface area (Å²) in [5, 5.41) is 27.6. The Labute approximate surface area is 97.9 Å². The Morgan fingerprint density at radius 2 is 1.88 bits per heavy atom. The van der Waals surface area contributed by atoms with Crippen LogP contribution in [-0.2, 0) is 4.79 Å². The van der Waals surface area contributed by atoms with Gasteiger partial charge < -0.3 is 15.3 Å². The minimum absolute atomic E-state index is 0.467. The molecule has 4 nitrogen and oxygen atoms in total. The fraction of sp³-hybridized carbons (Fsp3) is 0.364. The maximum Gasteiger partial charge on any atom is 0.306 e. The van der Waals surface area contributed by atoms with Crippen LogP contribution in [0.25, 0.3) is 0 Å². The molecule has 5 heteroatoms. The molecule has 1 aromatic carbocycles. The predicted molar refractivity (Wildman–Crippen MR) is 61.4 cm³/mol. The lowest BCUT2D eigenvalue weighted by Gasteiger charge is -2.16. The van der Waals surface area contributed by atoms with Crippen molar-refractivity contribution in [3.8, 4) is 0 Å². The Bertz CT molecular complexity index is 350. The molecular formula is C11H14O4S. The number of carboxylic acids is 1. The highest BCUT2D eigenvalue weighted by molar-refractivity contribution is 7.98. The van der Waals surface area contributed by atoms with E-state index in [0.29, 0.717) is 5.56 Å². The van der Waals surface area contributed by atoms with Crippen LogP contribution in [0.1, 0.15) is 18.1 Å². The molecule has 1 rings (SSSR count). The van der Waals surface area contributed by atoms with Crippen molar-refractivity contribution in [2.75, 3.05) is 6.26 Å². The van der Waals surface area contributed by atoms with Gasteiger partial charge in [0.2, 0.25) is 0 Å². The first-order valence-corrected chi connectivity index (χ1v) is 5.99. The predicted octanol–water partition coefficient (Wildman–Crippen LogP) is 1.28. The van der Waals surface area contributed by atoms with Gasteiger partial charge in [-0.25, -0.2) is 0 Å². The quantitative estimate of drug-likeness (QED) is 0.678. The highest BCUT2D eigenvalue weighted by atomic mass is 32.2. The summed E-state index contributed by atoms with van der Waals surface area (Å²) in [6, 6.07) is 7.00. The lowest BCUT2D eigenvalue weighted by Crippen LogP contribution is -2.21. The molecule has 0 fully saturated rings. The molecule has 0 spiro atoms. The minimum atomic E-state index is -1.28. The molecule has 88 valence electrons. The van der Waals surface area contributed by atoms with Gasteiger partial charge in [0.05, 0.1) is 12.5 Å². The Morgan fingerprint density at radius 1 is 1.31 bits per heavy atom. The zero-order valence-corrected chi connectivity index (χ0v) is 9.65. The standard InChI is InChI=1S/C11H14O4S/c1-16-8-4-2-7(3-5-8)11(15)9(12)6-10(13)14/h2-5,9,11-12,15H,6H2,1H3,(H,13,14). The molecule has 3 N–H and O–H groups in total. The van der Waals surface area contributed by atoms with E-state index in [4.69, 9.17) is 5.11 Å². The fourth-order valence-corrected chi connectivity index (χ4v) is 1.72. The van der Waals surface area contributed by atoms with E-state index in [0.717, 1.165) is 4.90 Å². The van der Waals surface area contributed by atoms with Gasteiger partial charge in [-0.1, -0.05) is 12.1 Å². The molecule has 0 bridgehead atoms. The van der Waals surface area contributed by atoms with Crippen LogP contribution in [0.5, 0.6) is 0 Å². The average molecular weight is 242 g/mol. The monoisotopic (exact) mass is 242 g/mol. The third kappa shape index (κ3) is 3.52. The van der Waals surface area contributed by atoms with E-state index in [1.165, 1.54) is 0 Å². The molecule has 0 heterocycles. The molecule has 0 saturated carbocycles. The summed E-state index contributed by atoms with van der Waals surface area (Å²) in [5.41, 5.74) is 0.520. The summed E-state index contributed by atoms with van der Waals surface area (Å²) < 4.78 is 0. The zero-order chi connectivity index (χ0) is 12.1. The Balaban J connectivity index is 2.71. The van der Waals surface area contributed by atoms with Crippen LogP contribution in [0.2, 0.25) is 0 Å². The van der Waals surface area contributed by atoms with Crippen molar-refractivity contribution in [1.29, 1.82) is 0 Å². The second-order valence-corrected chi connectivity index (χ2v) is 4.26. The summed E-state index contributed by atoms with van der Waals surface area (Å²) in [4.78, 5) is 11.4. The van der Waals surface area contributed by atoms with Crippen molar-refractivity contribution in [2.45, 2.75) is 23.5 Å². The first-order chi connectivity index (χ1) is 7.54. The molecular weight excluding hydrogens is 228 g/mol. The molecule has 0 aliphatic heterocycles. The normalized spacial score (nSPS) is 14.4. The van der Waals surface area contributed by atoms with E-state index < -0.39 is 24.6 Å². The summed E-state index contributed by atoms with van der Waals surface area (Å²) in [7, 11) is 0. The first-order valence-electron chi connectivity index (χ1n) is 4.76. The molecule has 2 atom stereocenters. The summed E-state index contributed by atoms with van der Waals surface area (Å²) in [6.45, 7) is 0. The molecule has 0 aliphatic rings. The van der Waals surface area contributed by atoms with Crippen LogP contribution in [0.15, 0.2) is 29.2 Å². The molecule has 0 amide bonds. The number of rotatable bonds is 5. The summed E-state index contributed by atoms with van der Waals surface area (Å²) in [6.07, 6.45) is -0.972. The Kier molecular flexibility index (Phi) is 4.79. The van der Waals surface area contributed by atoms with Crippen molar-refractivity contribution in [3.05, 3.63) is 29.8 Å². The SMILES string of the molecule is CSc1ccc(C(O)C(O)CC(=O)O)cc1. The van der Waals surface area contributed by atoms with Crippen LogP contribution >= 0.6 is 11.8 Å². The van der Waals surface area contributed by atoms with Crippen LogP contribution in [0, 0.1) is 0 Å². The van der Waals surface area contributed by atoms with Crippen molar-refractivity contribution < 1.29 is 20.1 Å². The molecule has 0 saturated heterocycles. The molecule has 0 aliphatic carbocycles. The topological polar surface area (TPSA) is 77.8 Å². The van der Waals surface area contributed by atoms with E-state index in [1.54, 1.807) is 23.9 Å². The van der Waals surface area contributed by atoms with E-state index in [2.05, 4.69) is 0 Å². The minimum Gasteiger partial charge on any atom is -0.481 e. The smallest absolute Gasteiger partial charge is 0.306 e. The van der Waals surface area contributed by atoms with Gasteiger partial charge in [-0.15, -0.1) is 11.8 Å². The Morgan fingerprint density at radius 3 is 2.31 bits per heavy atom. The molecule has 16 heavy (non-hydrogen) atoms. The fourth-order valence-electron chi connectivity index (χ4n) is 1.31. The van der Waals surface area contributed by atoms with Gasteiger partial charge in [0.25, 0.3) is 0 Å². The number of aliphatic hydroxyl groups excluding tert-OH is 2. The lowest BCUT2D eigenvalue weighted by atomic mass is 10.0. The van der Waals surface area contributed by atoms with Crippen molar-refractivity contribution in [1.82, 2.24) is 0 Å².